The number of nitriles is 1. The molecule has 7 heteroatoms. The van der Waals surface area contributed by atoms with Gasteiger partial charge in [0.2, 0.25) is 0 Å². The largest absolute Gasteiger partial charge is 0.322 e. The SMILES string of the molecule is N#Cc1c(Cn2cnc3scc(-c4ccc(F)cc4)c3c2=O)cn2ccccc12. The van der Waals surface area contributed by atoms with Crippen molar-refractivity contribution < 1.29 is 4.39 Å². The van der Waals surface area contributed by atoms with E-state index in [4.69, 9.17) is 0 Å². The summed E-state index contributed by atoms with van der Waals surface area (Å²) in [5.41, 5.74) is 3.41. The molecule has 4 aromatic heterocycles. The number of thiophene rings is 1. The summed E-state index contributed by atoms with van der Waals surface area (Å²) in [4.78, 5) is 18.3. The molecule has 5 aromatic rings. The summed E-state index contributed by atoms with van der Waals surface area (Å²) in [5.74, 6) is -0.325. The van der Waals surface area contributed by atoms with E-state index in [2.05, 4.69) is 11.1 Å². The molecule has 0 aliphatic heterocycles. The molecule has 0 aliphatic rings. The van der Waals surface area contributed by atoms with Crippen LogP contribution in [0.4, 0.5) is 4.39 Å². The predicted octanol–water partition coefficient (Wildman–Crippen LogP) is 4.44. The monoisotopic (exact) mass is 400 g/mol. The third-order valence-electron chi connectivity index (χ3n) is 4.93. The van der Waals surface area contributed by atoms with E-state index >= 15 is 0 Å². The highest BCUT2D eigenvalue weighted by Gasteiger charge is 2.16. The molecule has 0 amide bonds. The van der Waals surface area contributed by atoms with E-state index in [1.165, 1.54) is 34.4 Å². The van der Waals surface area contributed by atoms with Crippen LogP contribution in [-0.2, 0) is 6.54 Å². The van der Waals surface area contributed by atoms with Gasteiger partial charge in [-0.15, -0.1) is 11.3 Å². The van der Waals surface area contributed by atoms with E-state index in [9.17, 15) is 14.4 Å². The maximum atomic E-state index is 13.3. The number of aromatic nitrogens is 3. The number of halogens is 1. The zero-order chi connectivity index (χ0) is 20.0. The molecule has 5 rings (SSSR count). The molecule has 29 heavy (non-hydrogen) atoms. The second-order valence-electron chi connectivity index (χ2n) is 6.65. The fourth-order valence-electron chi connectivity index (χ4n) is 3.53. The lowest BCUT2D eigenvalue weighted by Gasteiger charge is -2.06. The average Bonchev–Trinajstić information content (AvgIpc) is 3.32. The first-order valence-electron chi connectivity index (χ1n) is 8.87. The number of hydrogen-bond acceptors (Lipinski definition) is 4. The summed E-state index contributed by atoms with van der Waals surface area (Å²) < 4.78 is 16.7. The first kappa shape index (κ1) is 17.3. The van der Waals surface area contributed by atoms with Crippen LogP contribution >= 0.6 is 11.3 Å². The molecule has 0 spiro atoms. The minimum absolute atomic E-state index is 0.185. The summed E-state index contributed by atoms with van der Waals surface area (Å²) in [6.45, 7) is 0.241. The topological polar surface area (TPSA) is 63.1 Å². The van der Waals surface area contributed by atoms with Gasteiger partial charge in [0.25, 0.3) is 5.56 Å². The number of pyridine rings is 1. The molecular weight excluding hydrogens is 387 g/mol. The molecule has 0 atom stereocenters. The van der Waals surface area contributed by atoms with Gasteiger partial charge in [-0.05, 0) is 29.8 Å². The average molecular weight is 400 g/mol. The van der Waals surface area contributed by atoms with Crippen molar-refractivity contribution in [3.8, 4) is 17.2 Å². The Bertz CT molecular complexity index is 1470. The molecule has 5 nitrogen and oxygen atoms in total. The number of hydrogen-bond donors (Lipinski definition) is 0. The smallest absolute Gasteiger partial charge is 0.263 e. The molecule has 0 fully saturated rings. The van der Waals surface area contributed by atoms with Gasteiger partial charge in [-0.25, -0.2) is 9.37 Å². The summed E-state index contributed by atoms with van der Waals surface area (Å²) in [7, 11) is 0. The Morgan fingerprint density at radius 3 is 2.79 bits per heavy atom. The quantitative estimate of drug-likeness (QED) is 0.450. The Morgan fingerprint density at radius 2 is 2.00 bits per heavy atom. The van der Waals surface area contributed by atoms with Crippen LogP contribution in [0.5, 0.6) is 0 Å². The number of rotatable bonds is 3. The fraction of sp³-hybridized carbons (Fsp3) is 0.0455. The molecular formula is C22H13FN4OS. The lowest BCUT2D eigenvalue weighted by Crippen LogP contribution is -2.21. The van der Waals surface area contributed by atoms with Gasteiger partial charge >= 0.3 is 0 Å². The normalized spacial score (nSPS) is 11.2. The molecule has 0 radical (unpaired) electrons. The van der Waals surface area contributed by atoms with Crippen molar-refractivity contribution in [1.29, 1.82) is 5.26 Å². The third-order valence-corrected chi connectivity index (χ3v) is 5.82. The molecule has 0 bridgehead atoms. The van der Waals surface area contributed by atoms with Gasteiger partial charge in [0.1, 0.15) is 16.7 Å². The van der Waals surface area contributed by atoms with Gasteiger partial charge in [0.15, 0.2) is 0 Å². The summed E-state index contributed by atoms with van der Waals surface area (Å²) in [5, 5.41) is 12.0. The van der Waals surface area contributed by atoms with E-state index in [0.29, 0.717) is 15.8 Å². The van der Waals surface area contributed by atoms with Gasteiger partial charge in [-0.2, -0.15) is 5.26 Å². The molecule has 0 N–H and O–H groups in total. The van der Waals surface area contributed by atoms with Crippen LogP contribution in [0.3, 0.4) is 0 Å². The molecule has 0 aliphatic carbocycles. The first-order chi connectivity index (χ1) is 14.2. The van der Waals surface area contributed by atoms with Gasteiger partial charge in [0, 0.05) is 28.9 Å². The van der Waals surface area contributed by atoms with Crippen molar-refractivity contribution in [3.05, 3.63) is 93.9 Å². The Kier molecular flexibility index (Phi) is 4.00. The number of benzene rings is 1. The van der Waals surface area contributed by atoms with E-state index in [-0.39, 0.29) is 17.9 Å². The van der Waals surface area contributed by atoms with Gasteiger partial charge < -0.3 is 4.40 Å². The second-order valence-corrected chi connectivity index (χ2v) is 7.51. The van der Waals surface area contributed by atoms with Crippen molar-refractivity contribution in [1.82, 2.24) is 14.0 Å². The first-order valence-corrected chi connectivity index (χ1v) is 9.75. The van der Waals surface area contributed by atoms with Crippen LogP contribution in [-0.4, -0.2) is 14.0 Å². The van der Waals surface area contributed by atoms with Crippen LogP contribution in [0.2, 0.25) is 0 Å². The highest BCUT2D eigenvalue weighted by molar-refractivity contribution is 7.17. The van der Waals surface area contributed by atoms with E-state index in [0.717, 1.165) is 22.2 Å². The van der Waals surface area contributed by atoms with E-state index < -0.39 is 0 Å². The highest BCUT2D eigenvalue weighted by Crippen LogP contribution is 2.30. The maximum Gasteiger partial charge on any atom is 0.263 e. The maximum absolute atomic E-state index is 13.3. The highest BCUT2D eigenvalue weighted by atomic mass is 32.1. The minimum Gasteiger partial charge on any atom is -0.322 e. The van der Waals surface area contributed by atoms with Crippen LogP contribution in [0, 0.1) is 17.1 Å². The molecule has 0 saturated carbocycles. The summed E-state index contributed by atoms with van der Waals surface area (Å²) >= 11 is 1.38. The molecule has 0 unspecified atom stereocenters. The van der Waals surface area contributed by atoms with Crippen LogP contribution < -0.4 is 5.56 Å². The van der Waals surface area contributed by atoms with E-state index in [1.54, 1.807) is 12.1 Å². The van der Waals surface area contributed by atoms with Crippen LogP contribution in [0.25, 0.3) is 26.9 Å². The standard InChI is InChI=1S/C22H13FN4OS/c23-16-6-4-14(5-7-16)18-12-29-21-20(18)22(28)27(13-25-21)11-15-10-26-8-2-1-3-19(26)17(15)9-24/h1-8,10,12-13H,11H2. The van der Waals surface area contributed by atoms with Crippen LogP contribution in [0.1, 0.15) is 11.1 Å². The Hall–Kier alpha value is -3.76. The lowest BCUT2D eigenvalue weighted by molar-refractivity contribution is 0.628. The third kappa shape index (κ3) is 2.82. The predicted molar refractivity (Wildman–Crippen MR) is 110 cm³/mol. The molecule has 140 valence electrons. The van der Waals surface area contributed by atoms with Crippen molar-refractivity contribution >= 4 is 27.1 Å². The molecule has 0 saturated heterocycles. The Labute approximate surface area is 168 Å². The minimum atomic E-state index is -0.325. The fourth-order valence-corrected chi connectivity index (χ4v) is 4.44. The zero-order valence-electron chi connectivity index (χ0n) is 15.0. The van der Waals surface area contributed by atoms with Gasteiger partial charge in [0.05, 0.1) is 29.3 Å². The zero-order valence-corrected chi connectivity index (χ0v) is 15.9. The molecule has 1 aromatic carbocycles. The van der Waals surface area contributed by atoms with Crippen molar-refractivity contribution in [3.63, 3.8) is 0 Å². The van der Waals surface area contributed by atoms with Crippen molar-refractivity contribution in [2.75, 3.05) is 0 Å². The Balaban J connectivity index is 1.65. The molecule has 4 heterocycles. The summed E-state index contributed by atoms with van der Waals surface area (Å²) in [6.07, 6.45) is 5.24. The number of fused-ring (bicyclic) bond motifs is 2. The van der Waals surface area contributed by atoms with Gasteiger partial charge in [-0.1, -0.05) is 18.2 Å². The Morgan fingerprint density at radius 1 is 1.17 bits per heavy atom. The van der Waals surface area contributed by atoms with Crippen molar-refractivity contribution in [2.24, 2.45) is 0 Å². The van der Waals surface area contributed by atoms with Gasteiger partial charge in [-0.3, -0.25) is 9.36 Å². The van der Waals surface area contributed by atoms with E-state index in [1.807, 2.05) is 40.4 Å². The number of nitrogens with zero attached hydrogens (tertiary/aromatic N) is 4. The summed E-state index contributed by atoms with van der Waals surface area (Å²) in [6, 6.07) is 13.9. The van der Waals surface area contributed by atoms with Crippen molar-refractivity contribution in [2.45, 2.75) is 6.54 Å². The lowest BCUT2D eigenvalue weighted by atomic mass is 10.1. The second kappa shape index (κ2) is 6.69. The van der Waals surface area contributed by atoms with Crippen LogP contribution in [0.15, 0.2) is 71.4 Å².